The highest BCUT2D eigenvalue weighted by atomic mass is 35.5. The number of Topliss-reactive ketones (excluding diaryl/α,β-unsaturated/α-hetero) is 1. The second-order valence-electron chi connectivity index (χ2n) is 6.69. The minimum atomic E-state index is -0.528. The first kappa shape index (κ1) is 20.4. The lowest BCUT2D eigenvalue weighted by atomic mass is 9.92. The fraction of sp³-hybridized carbons (Fsp3) is 0.381. The molecule has 1 fully saturated rings. The third kappa shape index (κ3) is 4.85. The Morgan fingerprint density at radius 3 is 2.50 bits per heavy atom. The largest absolute Gasteiger partial charge is 1.00 e. The smallest absolute Gasteiger partial charge is 0.216 e. The third-order valence-corrected chi connectivity index (χ3v) is 5.11. The van der Waals surface area contributed by atoms with Gasteiger partial charge in [0.2, 0.25) is 5.78 Å². The van der Waals surface area contributed by atoms with E-state index < -0.39 is 6.10 Å². The average molecular weight is 376 g/mol. The van der Waals surface area contributed by atoms with E-state index in [4.69, 9.17) is 4.74 Å². The Bertz CT molecular complexity index is 690. The van der Waals surface area contributed by atoms with Gasteiger partial charge < -0.3 is 27.2 Å². The summed E-state index contributed by atoms with van der Waals surface area (Å²) in [6.07, 6.45) is 2.62. The number of quaternary nitrogens is 1. The first-order valence-corrected chi connectivity index (χ1v) is 8.94. The summed E-state index contributed by atoms with van der Waals surface area (Å²) in [4.78, 5) is 13.9. The molecule has 3 rings (SSSR count). The van der Waals surface area contributed by atoms with Crippen LogP contribution in [0, 0.1) is 0 Å². The van der Waals surface area contributed by atoms with Gasteiger partial charge in [-0.3, -0.25) is 4.79 Å². The van der Waals surface area contributed by atoms with E-state index in [-0.39, 0.29) is 24.2 Å². The number of piperidine rings is 1. The molecule has 3 atom stereocenters. The summed E-state index contributed by atoms with van der Waals surface area (Å²) in [5, 5.41) is 10.8. The molecule has 1 saturated heterocycles. The van der Waals surface area contributed by atoms with Crippen molar-refractivity contribution in [3.05, 3.63) is 65.7 Å². The molecule has 0 saturated carbocycles. The van der Waals surface area contributed by atoms with E-state index in [0.717, 1.165) is 37.1 Å². The number of aliphatic hydroxyl groups excluding tert-OH is 1. The number of methoxy groups -OCH3 is 1. The molecule has 2 aromatic rings. The van der Waals surface area contributed by atoms with E-state index in [1.165, 1.54) is 4.90 Å². The normalized spacial score (nSPS) is 20.7. The topological polar surface area (TPSA) is 51.0 Å². The van der Waals surface area contributed by atoms with Crippen molar-refractivity contribution in [3.63, 3.8) is 0 Å². The number of benzene rings is 2. The molecule has 4 nitrogen and oxygen atoms in total. The maximum atomic E-state index is 12.7. The molecular formula is C21H26ClNO3. The summed E-state index contributed by atoms with van der Waals surface area (Å²) in [6, 6.07) is 17.1. The van der Waals surface area contributed by atoms with Crippen LogP contribution in [-0.2, 0) is 0 Å². The maximum absolute atomic E-state index is 12.7. The van der Waals surface area contributed by atoms with Gasteiger partial charge in [0.25, 0.3) is 0 Å². The van der Waals surface area contributed by atoms with Gasteiger partial charge in [0.05, 0.1) is 13.7 Å². The third-order valence-electron chi connectivity index (χ3n) is 5.11. The van der Waals surface area contributed by atoms with Crippen molar-refractivity contribution in [1.82, 2.24) is 0 Å². The highest BCUT2D eigenvalue weighted by Gasteiger charge is 2.34. The summed E-state index contributed by atoms with van der Waals surface area (Å²) in [5.74, 6) is 0.865. The molecule has 2 N–H and O–H groups in total. The second kappa shape index (κ2) is 9.72. The zero-order chi connectivity index (χ0) is 17.6. The van der Waals surface area contributed by atoms with E-state index in [1.807, 2.05) is 54.6 Å². The number of carbonyl (C=O) groups excluding carboxylic acids is 1. The lowest BCUT2D eigenvalue weighted by Crippen LogP contribution is -3.17. The van der Waals surface area contributed by atoms with Crippen LogP contribution in [0.3, 0.4) is 0 Å². The van der Waals surface area contributed by atoms with Crippen LogP contribution in [0.25, 0.3) is 0 Å². The van der Waals surface area contributed by atoms with Crippen molar-refractivity contribution >= 4 is 5.78 Å². The number of carbonyl (C=O) groups is 1. The Kier molecular flexibility index (Phi) is 7.64. The summed E-state index contributed by atoms with van der Waals surface area (Å²) in [7, 11) is 1.62. The molecule has 0 amide bonds. The van der Waals surface area contributed by atoms with Gasteiger partial charge in [-0.25, -0.2) is 0 Å². The molecule has 1 aliphatic heterocycles. The van der Waals surface area contributed by atoms with Gasteiger partial charge in [-0.1, -0.05) is 30.3 Å². The minimum absolute atomic E-state index is 0. The standard InChI is InChI=1S/C21H25NO3.ClH/c1-25-18-12-10-16(11-13-18)20(23)15-22-14-6-5-9-19(22)21(24)17-7-3-2-4-8-17;/h2-4,7-8,10-13,19,21,24H,5-6,9,14-15H2,1H3;1H. The Morgan fingerprint density at radius 1 is 1.15 bits per heavy atom. The summed E-state index contributed by atoms with van der Waals surface area (Å²) in [6.45, 7) is 1.34. The molecule has 0 aromatic heterocycles. The Morgan fingerprint density at radius 2 is 1.85 bits per heavy atom. The van der Waals surface area contributed by atoms with Crippen molar-refractivity contribution in [2.45, 2.75) is 31.4 Å². The lowest BCUT2D eigenvalue weighted by Gasteiger charge is -2.35. The van der Waals surface area contributed by atoms with Crippen LogP contribution in [0.4, 0.5) is 0 Å². The maximum Gasteiger partial charge on any atom is 0.216 e. The zero-order valence-corrected chi connectivity index (χ0v) is 15.8. The predicted octanol–water partition coefficient (Wildman–Crippen LogP) is -0.947. The predicted molar refractivity (Wildman–Crippen MR) is 97.1 cm³/mol. The van der Waals surface area contributed by atoms with Crippen LogP contribution >= 0.6 is 0 Å². The summed E-state index contributed by atoms with van der Waals surface area (Å²) < 4.78 is 5.15. The first-order valence-electron chi connectivity index (χ1n) is 8.94. The molecular weight excluding hydrogens is 350 g/mol. The highest BCUT2D eigenvalue weighted by molar-refractivity contribution is 5.96. The van der Waals surface area contributed by atoms with Crippen LogP contribution in [-0.4, -0.2) is 37.1 Å². The second-order valence-corrected chi connectivity index (χ2v) is 6.69. The number of ketones is 1. The summed E-state index contributed by atoms with van der Waals surface area (Å²) >= 11 is 0. The van der Waals surface area contributed by atoms with Crippen molar-refractivity contribution in [2.24, 2.45) is 0 Å². The van der Waals surface area contributed by atoms with E-state index >= 15 is 0 Å². The van der Waals surface area contributed by atoms with E-state index in [1.54, 1.807) is 7.11 Å². The van der Waals surface area contributed by atoms with Crippen LogP contribution in [0.15, 0.2) is 54.6 Å². The van der Waals surface area contributed by atoms with E-state index in [0.29, 0.717) is 12.1 Å². The SMILES string of the molecule is COc1ccc(C(=O)C[NH+]2CCCCC2C(O)c2ccccc2)cc1.[Cl-]. The molecule has 2 aromatic carbocycles. The molecule has 1 aliphatic rings. The van der Waals surface area contributed by atoms with Gasteiger partial charge in [0.1, 0.15) is 24.4 Å². The number of hydrogen-bond donors (Lipinski definition) is 2. The lowest BCUT2D eigenvalue weighted by molar-refractivity contribution is -0.927. The number of aliphatic hydroxyl groups is 1. The molecule has 140 valence electrons. The van der Waals surface area contributed by atoms with Gasteiger partial charge >= 0.3 is 0 Å². The monoisotopic (exact) mass is 375 g/mol. The first-order chi connectivity index (χ1) is 12.2. The Labute approximate surface area is 161 Å². The number of halogens is 1. The Balaban J connectivity index is 0.00000243. The average Bonchev–Trinajstić information content (AvgIpc) is 2.68. The molecule has 3 unspecified atom stereocenters. The van der Waals surface area contributed by atoms with Gasteiger partial charge in [-0.05, 0) is 42.7 Å². The van der Waals surface area contributed by atoms with Gasteiger partial charge in [0.15, 0.2) is 0 Å². The van der Waals surface area contributed by atoms with Gasteiger partial charge in [0, 0.05) is 12.0 Å². The van der Waals surface area contributed by atoms with Crippen LogP contribution in [0.5, 0.6) is 5.75 Å². The van der Waals surface area contributed by atoms with Crippen LogP contribution < -0.4 is 22.0 Å². The van der Waals surface area contributed by atoms with E-state index in [2.05, 4.69) is 0 Å². The van der Waals surface area contributed by atoms with Crippen molar-refractivity contribution < 1.29 is 31.9 Å². The number of rotatable bonds is 6. The number of nitrogens with one attached hydrogen (secondary N) is 1. The van der Waals surface area contributed by atoms with Crippen molar-refractivity contribution in [3.8, 4) is 5.75 Å². The molecule has 26 heavy (non-hydrogen) atoms. The summed E-state index contributed by atoms with van der Waals surface area (Å²) in [5.41, 5.74) is 1.63. The highest BCUT2D eigenvalue weighted by Crippen LogP contribution is 2.20. The fourth-order valence-corrected chi connectivity index (χ4v) is 3.67. The number of likely N-dealkylation sites (tertiary alicyclic amines) is 1. The minimum Gasteiger partial charge on any atom is -1.00 e. The van der Waals surface area contributed by atoms with Crippen LogP contribution in [0.1, 0.15) is 41.3 Å². The molecule has 5 heteroatoms. The van der Waals surface area contributed by atoms with Crippen molar-refractivity contribution in [1.29, 1.82) is 0 Å². The van der Waals surface area contributed by atoms with Crippen molar-refractivity contribution in [2.75, 3.05) is 20.2 Å². The number of hydrogen-bond acceptors (Lipinski definition) is 3. The molecule has 0 bridgehead atoms. The number of ether oxygens (including phenoxy) is 1. The van der Waals surface area contributed by atoms with Gasteiger partial charge in [-0.15, -0.1) is 0 Å². The molecule has 0 aliphatic carbocycles. The van der Waals surface area contributed by atoms with Gasteiger partial charge in [-0.2, -0.15) is 0 Å². The van der Waals surface area contributed by atoms with Crippen LogP contribution in [0.2, 0.25) is 0 Å². The molecule has 0 radical (unpaired) electrons. The zero-order valence-electron chi connectivity index (χ0n) is 15.0. The quantitative estimate of drug-likeness (QED) is 0.640. The van der Waals surface area contributed by atoms with E-state index in [9.17, 15) is 9.90 Å². The fourth-order valence-electron chi connectivity index (χ4n) is 3.67. The molecule has 1 heterocycles. The Hall–Kier alpha value is -1.88. The molecule has 0 spiro atoms.